The van der Waals surface area contributed by atoms with E-state index in [1.54, 1.807) is 12.5 Å². The number of ether oxygens (including phenoxy) is 1. The number of aliphatic hydroxyl groups excluding tert-OH is 1. The molecule has 1 saturated carbocycles. The molecule has 0 aromatic carbocycles. The number of allylic oxidation sites excluding steroid dienone is 2. The average Bonchev–Trinajstić information content (AvgIpc) is 3.46. The van der Waals surface area contributed by atoms with Crippen LogP contribution in [0.1, 0.15) is 68.2 Å². The lowest BCUT2D eigenvalue weighted by atomic mass is 9.90. The van der Waals surface area contributed by atoms with E-state index in [-0.39, 0.29) is 12.0 Å². The van der Waals surface area contributed by atoms with Gasteiger partial charge in [0.2, 0.25) is 11.8 Å². The van der Waals surface area contributed by atoms with Gasteiger partial charge in [-0.05, 0) is 70.5 Å². The molecule has 0 saturated heterocycles. The monoisotopic (exact) mass is 410 g/mol. The van der Waals surface area contributed by atoms with Crippen molar-refractivity contribution in [2.24, 2.45) is 5.92 Å². The molecular formula is C23H30N4O3. The molecular weight excluding hydrogens is 380 g/mol. The quantitative estimate of drug-likeness (QED) is 0.779. The predicted octanol–water partition coefficient (Wildman–Crippen LogP) is 3.56. The molecule has 2 aromatic heterocycles. The molecule has 0 amide bonds. The second-order valence-electron chi connectivity index (χ2n) is 9.06. The van der Waals surface area contributed by atoms with Crippen molar-refractivity contribution >= 4 is 5.57 Å². The van der Waals surface area contributed by atoms with Gasteiger partial charge in [0.1, 0.15) is 24.8 Å². The fraction of sp³-hybridized carbons (Fsp3) is 0.609. The third-order valence-electron chi connectivity index (χ3n) is 7.02. The van der Waals surface area contributed by atoms with Crippen LogP contribution in [-0.4, -0.2) is 51.2 Å². The Bertz CT molecular complexity index is 917. The highest BCUT2D eigenvalue weighted by atomic mass is 16.5. The lowest BCUT2D eigenvalue weighted by Gasteiger charge is -2.33. The lowest BCUT2D eigenvalue weighted by Crippen LogP contribution is -2.35. The average molecular weight is 411 g/mol. The van der Waals surface area contributed by atoms with E-state index in [0.29, 0.717) is 18.4 Å². The molecule has 0 aliphatic heterocycles. The molecule has 5 rings (SSSR count). The molecule has 30 heavy (non-hydrogen) atoms. The highest BCUT2D eigenvalue weighted by Crippen LogP contribution is 2.51. The summed E-state index contributed by atoms with van der Waals surface area (Å²) in [5.74, 6) is 1.37. The minimum absolute atomic E-state index is 0.211. The zero-order valence-electron chi connectivity index (χ0n) is 17.8. The molecule has 1 fully saturated rings. The first kappa shape index (κ1) is 19.7. The van der Waals surface area contributed by atoms with Gasteiger partial charge in [0.15, 0.2) is 0 Å². The normalized spacial score (nSPS) is 26.7. The Morgan fingerprint density at radius 3 is 2.73 bits per heavy atom. The van der Waals surface area contributed by atoms with Crippen LogP contribution in [0.25, 0.3) is 5.57 Å². The number of aliphatic hydroxyl groups is 1. The largest absolute Gasteiger partial charge is 0.474 e. The Kier molecular flexibility index (Phi) is 5.33. The number of aromatic nitrogens is 3. The van der Waals surface area contributed by atoms with Crippen molar-refractivity contribution in [3.05, 3.63) is 41.5 Å². The molecule has 3 aliphatic rings. The van der Waals surface area contributed by atoms with E-state index < -0.39 is 6.10 Å². The van der Waals surface area contributed by atoms with E-state index in [1.165, 1.54) is 17.4 Å². The summed E-state index contributed by atoms with van der Waals surface area (Å²) in [5.41, 5.74) is 4.89. The molecule has 0 spiro atoms. The van der Waals surface area contributed by atoms with Gasteiger partial charge in [-0.15, -0.1) is 0 Å². The van der Waals surface area contributed by atoms with Crippen LogP contribution < -0.4 is 4.74 Å². The summed E-state index contributed by atoms with van der Waals surface area (Å²) < 4.78 is 11.8. The van der Waals surface area contributed by atoms with E-state index in [4.69, 9.17) is 9.15 Å². The van der Waals surface area contributed by atoms with E-state index in [0.717, 1.165) is 62.1 Å². The first-order chi connectivity index (χ1) is 14.6. The molecule has 0 bridgehead atoms. The van der Waals surface area contributed by atoms with Crippen LogP contribution >= 0.6 is 0 Å². The molecule has 7 heteroatoms. The van der Waals surface area contributed by atoms with Crippen LogP contribution in [0.5, 0.6) is 5.88 Å². The van der Waals surface area contributed by atoms with Gasteiger partial charge in [-0.2, -0.15) is 0 Å². The van der Waals surface area contributed by atoms with E-state index in [1.807, 2.05) is 0 Å². The third-order valence-corrected chi connectivity index (χ3v) is 7.02. The van der Waals surface area contributed by atoms with Gasteiger partial charge in [-0.1, -0.05) is 5.57 Å². The molecule has 7 nitrogen and oxygen atoms in total. The molecule has 2 heterocycles. The Morgan fingerprint density at radius 1 is 1.17 bits per heavy atom. The molecule has 2 aromatic rings. The van der Waals surface area contributed by atoms with Crippen molar-refractivity contribution in [3.8, 4) is 5.88 Å². The zero-order chi connectivity index (χ0) is 20.7. The van der Waals surface area contributed by atoms with Gasteiger partial charge >= 0.3 is 0 Å². The lowest BCUT2D eigenvalue weighted by molar-refractivity contribution is 0.106. The van der Waals surface area contributed by atoms with Crippen LogP contribution in [-0.2, 0) is 6.42 Å². The van der Waals surface area contributed by atoms with Gasteiger partial charge < -0.3 is 19.2 Å². The molecule has 2 atom stereocenters. The Labute approximate surface area is 177 Å². The number of hydrogen-bond donors (Lipinski definition) is 1. The Morgan fingerprint density at radius 2 is 2.00 bits per heavy atom. The summed E-state index contributed by atoms with van der Waals surface area (Å²) in [4.78, 5) is 15.5. The fourth-order valence-corrected chi connectivity index (χ4v) is 5.42. The van der Waals surface area contributed by atoms with Gasteiger partial charge in [-0.25, -0.2) is 15.0 Å². The number of nitrogens with zero attached hydrogens (tertiary/aromatic N) is 4. The van der Waals surface area contributed by atoms with Gasteiger partial charge in [0.25, 0.3) is 0 Å². The molecule has 1 N–H and O–H groups in total. The summed E-state index contributed by atoms with van der Waals surface area (Å²) in [6.45, 7) is 0. The van der Waals surface area contributed by atoms with Gasteiger partial charge in [0, 0.05) is 12.5 Å². The van der Waals surface area contributed by atoms with E-state index >= 15 is 0 Å². The zero-order valence-corrected chi connectivity index (χ0v) is 17.8. The number of fused-ring (bicyclic) bond motifs is 2. The van der Waals surface area contributed by atoms with Crippen LogP contribution in [0.15, 0.2) is 28.8 Å². The van der Waals surface area contributed by atoms with Gasteiger partial charge in [0.05, 0.1) is 17.5 Å². The SMILES string of the molecule is CN(C)[C@H]1CC[C@H](Oc2ncnc3c2C2=C(CC[C@@H]2CC(O)c2ncco2)C3)CC1. The van der Waals surface area contributed by atoms with Crippen molar-refractivity contribution in [1.29, 1.82) is 0 Å². The summed E-state index contributed by atoms with van der Waals surface area (Å²) >= 11 is 0. The molecule has 160 valence electrons. The summed E-state index contributed by atoms with van der Waals surface area (Å²) in [6.07, 6.45) is 12.2. The van der Waals surface area contributed by atoms with Crippen molar-refractivity contribution in [1.82, 2.24) is 19.9 Å². The van der Waals surface area contributed by atoms with Crippen molar-refractivity contribution in [2.45, 2.75) is 69.6 Å². The number of oxazole rings is 1. The van der Waals surface area contributed by atoms with Crippen molar-refractivity contribution in [3.63, 3.8) is 0 Å². The minimum Gasteiger partial charge on any atom is -0.474 e. The van der Waals surface area contributed by atoms with Crippen LogP contribution in [0.3, 0.4) is 0 Å². The molecule has 1 unspecified atom stereocenters. The maximum Gasteiger partial charge on any atom is 0.224 e. The Hall–Kier alpha value is -2.25. The molecule has 0 radical (unpaired) electrons. The second kappa shape index (κ2) is 8.12. The number of hydrogen-bond acceptors (Lipinski definition) is 7. The fourth-order valence-electron chi connectivity index (χ4n) is 5.42. The van der Waals surface area contributed by atoms with Crippen LogP contribution in [0.2, 0.25) is 0 Å². The van der Waals surface area contributed by atoms with Gasteiger partial charge in [-0.3, -0.25) is 0 Å². The van der Waals surface area contributed by atoms with Crippen LogP contribution in [0, 0.1) is 5.92 Å². The topological polar surface area (TPSA) is 84.5 Å². The van der Waals surface area contributed by atoms with E-state index in [2.05, 4.69) is 33.9 Å². The summed E-state index contributed by atoms with van der Waals surface area (Å²) in [5, 5.41) is 10.6. The first-order valence-electron chi connectivity index (χ1n) is 11.1. The predicted molar refractivity (Wildman–Crippen MR) is 112 cm³/mol. The summed E-state index contributed by atoms with van der Waals surface area (Å²) in [7, 11) is 4.31. The third kappa shape index (κ3) is 3.65. The maximum absolute atomic E-state index is 10.6. The highest BCUT2D eigenvalue weighted by Gasteiger charge is 2.38. The summed E-state index contributed by atoms with van der Waals surface area (Å²) in [6, 6.07) is 0.645. The van der Waals surface area contributed by atoms with Crippen LogP contribution in [0.4, 0.5) is 0 Å². The van der Waals surface area contributed by atoms with E-state index in [9.17, 15) is 5.11 Å². The maximum atomic E-state index is 10.6. The first-order valence-corrected chi connectivity index (χ1v) is 11.1. The van der Waals surface area contributed by atoms with Crippen molar-refractivity contribution < 1.29 is 14.3 Å². The molecule has 3 aliphatic carbocycles. The second-order valence-corrected chi connectivity index (χ2v) is 9.06. The standard InChI is InChI=1S/C23H30N4O3/c1-27(2)16-5-7-17(8-6-16)30-23-21-18(25-13-26-23)11-14-3-4-15(20(14)21)12-19(28)22-24-9-10-29-22/h9-10,13,15-17,19,28H,3-8,11-12H2,1-2H3/t15-,16-,17-,19?/m1/s1. The smallest absolute Gasteiger partial charge is 0.224 e. The number of rotatable bonds is 6. The Balaban J connectivity index is 1.34. The van der Waals surface area contributed by atoms with Crippen molar-refractivity contribution in [2.75, 3.05) is 14.1 Å². The highest BCUT2D eigenvalue weighted by molar-refractivity contribution is 5.81. The minimum atomic E-state index is -0.698.